The number of aromatic nitrogens is 1. The predicted octanol–water partition coefficient (Wildman–Crippen LogP) is 4.13. The number of hydrogen-bond donors (Lipinski definition) is 1. The summed E-state index contributed by atoms with van der Waals surface area (Å²) < 4.78 is 24.8. The van der Waals surface area contributed by atoms with E-state index in [4.69, 9.17) is 9.47 Å². The molecule has 0 radical (unpaired) electrons. The molecule has 3 rings (SSSR count). The molecule has 24 heavy (non-hydrogen) atoms. The van der Waals surface area contributed by atoms with Crippen molar-refractivity contribution in [3.05, 3.63) is 58.6 Å². The maximum absolute atomic E-state index is 14.2. The SMILES string of the molecule is COc1ccc2c(=O)[nH]c(-c3ccc(OC(C)C)c(F)c3)cc2c1. The van der Waals surface area contributed by atoms with Crippen LogP contribution in [0.15, 0.2) is 47.3 Å². The molecule has 3 aromatic rings. The molecule has 1 N–H and O–H groups in total. The summed E-state index contributed by atoms with van der Waals surface area (Å²) in [7, 11) is 1.57. The van der Waals surface area contributed by atoms with E-state index in [1.165, 1.54) is 6.07 Å². The number of hydrogen-bond acceptors (Lipinski definition) is 3. The third-order valence-electron chi connectivity index (χ3n) is 3.66. The minimum atomic E-state index is -0.465. The fourth-order valence-electron chi connectivity index (χ4n) is 2.55. The summed E-state index contributed by atoms with van der Waals surface area (Å²) in [4.78, 5) is 15.0. The third kappa shape index (κ3) is 3.11. The lowest BCUT2D eigenvalue weighted by molar-refractivity contribution is 0.231. The van der Waals surface area contributed by atoms with E-state index in [9.17, 15) is 9.18 Å². The van der Waals surface area contributed by atoms with Crippen LogP contribution in [0.25, 0.3) is 22.0 Å². The minimum absolute atomic E-state index is 0.113. The molecule has 0 spiro atoms. The van der Waals surface area contributed by atoms with Crippen LogP contribution in [0.2, 0.25) is 0 Å². The maximum Gasteiger partial charge on any atom is 0.256 e. The average molecular weight is 327 g/mol. The van der Waals surface area contributed by atoms with Crippen LogP contribution in [-0.4, -0.2) is 18.2 Å². The van der Waals surface area contributed by atoms with Gasteiger partial charge in [-0.1, -0.05) is 0 Å². The summed E-state index contributed by atoms with van der Waals surface area (Å²) in [5, 5.41) is 1.29. The Morgan fingerprint density at radius 3 is 2.54 bits per heavy atom. The topological polar surface area (TPSA) is 51.3 Å². The number of nitrogens with one attached hydrogen (secondary N) is 1. The molecule has 0 saturated heterocycles. The number of ether oxygens (including phenoxy) is 2. The van der Waals surface area contributed by atoms with E-state index in [2.05, 4.69) is 4.98 Å². The van der Waals surface area contributed by atoms with E-state index in [0.29, 0.717) is 22.4 Å². The van der Waals surface area contributed by atoms with E-state index in [1.54, 1.807) is 43.5 Å². The highest BCUT2D eigenvalue weighted by atomic mass is 19.1. The summed E-state index contributed by atoms with van der Waals surface area (Å²) in [6.45, 7) is 3.67. The molecule has 0 saturated carbocycles. The van der Waals surface area contributed by atoms with Gasteiger partial charge in [0.05, 0.1) is 13.2 Å². The van der Waals surface area contributed by atoms with Gasteiger partial charge >= 0.3 is 0 Å². The van der Waals surface area contributed by atoms with E-state index in [0.717, 1.165) is 5.39 Å². The molecule has 1 aromatic heterocycles. The molecule has 0 amide bonds. The Bertz CT molecular complexity index is 947. The van der Waals surface area contributed by atoms with Gasteiger partial charge in [-0.3, -0.25) is 4.79 Å². The fourth-order valence-corrected chi connectivity index (χ4v) is 2.55. The Labute approximate surface area is 138 Å². The van der Waals surface area contributed by atoms with Crippen LogP contribution >= 0.6 is 0 Å². The molecule has 4 nitrogen and oxygen atoms in total. The Morgan fingerprint density at radius 2 is 1.88 bits per heavy atom. The second-order valence-corrected chi connectivity index (χ2v) is 5.78. The van der Waals surface area contributed by atoms with Crippen molar-refractivity contribution in [2.45, 2.75) is 20.0 Å². The molecule has 0 aliphatic heterocycles. The molecule has 0 atom stereocenters. The molecule has 1 heterocycles. The van der Waals surface area contributed by atoms with Crippen molar-refractivity contribution in [1.29, 1.82) is 0 Å². The van der Waals surface area contributed by atoms with Gasteiger partial charge in [-0.05, 0) is 61.7 Å². The van der Waals surface area contributed by atoms with Crippen LogP contribution in [-0.2, 0) is 0 Å². The Kier molecular flexibility index (Phi) is 4.25. The summed E-state index contributed by atoms with van der Waals surface area (Å²) in [6, 6.07) is 11.7. The predicted molar refractivity (Wildman–Crippen MR) is 92.3 cm³/mol. The first-order valence-corrected chi connectivity index (χ1v) is 7.65. The number of halogens is 1. The number of rotatable bonds is 4. The molecule has 0 bridgehead atoms. The van der Waals surface area contributed by atoms with Gasteiger partial charge in [-0.15, -0.1) is 0 Å². The minimum Gasteiger partial charge on any atom is -0.497 e. The van der Waals surface area contributed by atoms with E-state index >= 15 is 0 Å². The standard InChI is InChI=1S/C19H18FNO3/c1-11(2)24-18-7-4-12(9-16(18)20)17-10-13-8-14(23-3)5-6-15(13)19(22)21-17/h4-11H,1-3H3,(H,21,22). The largest absolute Gasteiger partial charge is 0.497 e. The summed E-state index contributed by atoms with van der Waals surface area (Å²) in [5.41, 5.74) is 0.884. The molecular formula is C19H18FNO3. The number of methoxy groups -OCH3 is 1. The number of fused-ring (bicyclic) bond motifs is 1. The lowest BCUT2D eigenvalue weighted by atomic mass is 10.1. The molecule has 0 aliphatic carbocycles. The zero-order valence-electron chi connectivity index (χ0n) is 13.7. The molecule has 0 fully saturated rings. The van der Waals surface area contributed by atoms with E-state index < -0.39 is 5.82 Å². The van der Waals surface area contributed by atoms with Gasteiger partial charge in [-0.25, -0.2) is 4.39 Å². The van der Waals surface area contributed by atoms with Crippen LogP contribution in [0, 0.1) is 5.82 Å². The highest BCUT2D eigenvalue weighted by molar-refractivity contribution is 5.86. The van der Waals surface area contributed by atoms with Crippen LogP contribution in [0.3, 0.4) is 0 Å². The third-order valence-corrected chi connectivity index (χ3v) is 3.66. The maximum atomic E-state index is 14.2. The number of pyridine rings is 1. The van der Waals surface area contributed by atoms with Gasteiger partial charge in [0.25, 0.3) is 5.56 Å². The average Bonchev–Trinajstić information content (AvgIpc) is 2.55. The van der Waals surface area contributed by atoms with Crippen molar-refractivity contribution in [3.8, 4) is 22.8 Å². The summed E-state index contributed by atoms with van der Waals surface area (Å²) in [6.07, 6.45) is -0.113. The van der Waals surface area contributed by atoms with Gasteiger partial charge in [0.1, 0.15) is 5.75 Å². The van der Waals surface area contributed by atoms with Gasteiger partial charge in [-0.2, -0.15) is 0 Å². The van der Waals surface area contributed by atoms with Gasteiger partial charge in [0, 0.05) is 16.6 Å². The first-order valence-electron chi connectivity index (χ1n) is 7.65. The van der Waals surface area contributed by atoms with Crippen molar-refractivity contribution in [2.75, 3.05) is 7.11 Å². The highest BCUT2D eigenvalue weighted by Gasteiger charge is 2.10. The van der Waals surface area contributed by atoms with E-state index in [-0.39, 0.29) is 17.4 Å². The lowest BCUT2D eigenvalue weighted by Gasteiger charge is -2.12. The smallest absolute Gasteiger partial charge is 0.256 e. The molecule has 0 aliphatic rings. The van der Waals surface area contributed by atoms with Crippen LogP contribution in [0.4, 0.5) is 4.39 Å². The lowest BCUT2D eigenvalue weighted by Crippen LogP contribution is -2.08. The number of benzene rings is 2. The second-order valence-electron chi connectivity index (χ2n) is 5.78. The van der Waals surface area contributed by atoms with Crippen LogP contribution in [0.5, 0.6) is 11.5 Å². The zero-order valence-corrected chi connectivity index (χ0v) is 13.7. The molecular weight excluding hydrogens is 309 g/mol. The quantitative estimate of drug-likeness (QED) is 0.784. The first kappa shape index (κ1) is 16.1. The van der Waals surface area contributed by atoms with Crippen LogP contribution < -0.4 is 15.0 Å². The molecule has 2 aromatic carbocycles. The fraction of sp³-hybridized carbons (Fsp3) is 0.211. The zero-order chi connectivity index (χ0) is 17.3. The van der Waals surface area contributed by atoms with Gasteiger partial charge in [0.15, 0.2) is 11.6 Å². The number of aromatic amines is 1. The highest BCUT2D eigenvalue weighted by Crippen LogP contribution is 2.27. The molecule has 124 valence electrons. The second kappa shape index (κ2) is 6.35. The number of H-pyrrole nitrogens is 1. The first-order chi connectivity index (χ1) is 11.5. The van der Waals surface area contributed by atoms with Crippen molar-refractivity contribution in [1.82, 2.24) is 4.98 Å². The van der Waals surface area contributed by atoms with Crippen molar-refractivity contribution >= 4 is 10.8 Å². The van der Waals surface area contributed by atoms with E-state index in [1.807, 2.05) is 13.8 Å². The van der Waals surface area contributed by atoms with Gasteiger partial charge in [0.2, 0.25) is 0 Å². The molecule has 0 unspecified atom stereocenters. The Morgan fingerprint density at radius 1 is 1.08 bits per heavy atom. The monoisotopic (exact) mass is 327 g/mol. The Balaban J connectivity index is 2.09. The van der Waals surface area contributed by atoms with Crippen LogP contribution in [0.1, 0.15) is 13.8 Å². The summed E-state index contributed by atoms with van der Waals surface area (Å²) >= 11 is 0. The van der Waals surface area contributed by atoms with Crippen molar-refractivity contribution in [3.63, 3.8) is 0 Å². The van der Waals surface area contributed by atoms with Gasteiger partial charge < -0.3 is 14.5 Å². The summed E-state index contributed by atoms with van der Waals surface area (Å²) in [5.74, 6) is 0.386. The Hall–Kier alpha value is -2.82. The molecule has 5 heteroatoms. The van der Waals surface area contributed by atoms with Crippen molar-refractivity contribution in [2.24, 2.45) is 0 Å². The van der Waals surface area contributed by atoms with Crippen molar-refractivity contribution < 1.29 is 13.9 Å². The normalized spacial score (nSPS) is 11.0.